The first-order valence-corrected chi connectivity index (χ1v) is 11.3. The minimum atomic E-state index is 0.991. The molecule has 0 bridgehead atoms. The SMILES string of the molecule is Sc1ccc(Sc2ccc(S)cc2)cc1.c1ccc(Sc2ccccc2)cc1. The van der Waals surface area contributed by atoms with Crippen molar-refractivity contribution < 1.29 is 0 Å². The maximum atomic E-state index is 4.25. The van der Waals surface area contributed by atoms with Gasteiger partial charge in [0.15, 0.2) is 0 Å². The molecule has 0 aliphatic rings. The Morgan fingerprint density at radius 2 is 0.643 bits per heavy atom. The van der Waals surface area contributed by atoms with Crippen LogP contribution in [0, 0.1) is 0 Å². The predicted octanol–water partition coefficient (Wildman–Crippen LogP) is 8.25. The van der Waals surface area contributed by atoms with E-state index in [4.69, 9.17) is 0 Å². The molecular weight excluding hydrogens is 417 g/mol. The summed E-state index contributed by atoms with van der Waals surface area (Å²) in [7, 11) is 0. The second kappa shape index (κ2) is 11.3. The van der Waals surface area contributed by atoms with Crippen LogP contribution in [0.5, 0.6) is 0 Å². The first-order valence-electron chi connectivity index (χ1n) is 8.73. The Bertz CT molecular complexity index is 870. The maximum absolute atomic E-state index is 4.25. The third kappa shape index (κ3) is 7.36. The maximum Gasteiger partial charge on any atom is 0.0123 e. The van der Waals surface area contributed by atoms with Gasteiger partial charge in [0, 0.05) is 29.4 Å². The highest BCUT2D eigenvalue weighted by molar-refractivity contribution is 7.99. The van der Waals surface area contributed by atoms with Gasteiger partial charge in [-0.05, 0) is 72.8 Å². The Labute approximate surface area is 186 Å². The number of hydrogen-bond donors (Lipinski definition) is 2. The molecule has 0 spiro atoms. The van der Waals surface area contributed by atoms with E-state index in [-0.39, 0.29) is 0 Å². The van der Waals surface area contributed by atoms with Crippen molar-refractivity contribution in [3.8, 4) is 0 Å². The van der Waals surface area contributed by atoms with E-state index in [9.17, 15) is 0 Å². The van der Waals surface area contributed by atoms with Crippen molar-refractivity contribution in [3.63, 3.8) is 0 Å². The van der Waals surface area contributed by atoms with Gasteiger partial charge in [0.05, 0.1) is 0 Å². The van der Waals surface area contributed by atoms with E-state index in [1.165, 1.54) is 19.6 Å². The molecule has 4 aromatic rings. The average Bonchev–Trinajstić information content (AvgIpc) is 2.73. The van der Waals surface area contributed by atoms with Crippen molar-refractivity contribution in [2.24, 2.45) is 0 Å². The molecule has 140 valence electrons. The Morgan fingerprint density at radius 1 is 0.357 bits per heavy atom. The van der Waals surface area contributed by atoms with E-state index in [0.717, 1.165) is 9.79 Å². The van der Waals surface area contributed by atoms with Gasteiger partial charge in [0.1, 0.15) is 0 Å². The molecule has 0 radical (unpaired) electrons. The molecule has 0 nitrogen and oxygen atoms in total. The van der Waals surface area contributed by atoms with Crippen LogP contribution >= 0.6 is 48.8 Å². The summed E-state index contributed by atoms with van der Waals surface area (Å²) in [5.74, 6) is 0. The quantitative estimate of drug-likeness (QED) is 0.309. The summed E-state index contributed by atoms with van der Waals surface area (Å²) in [6.07, 6.45) is 0. The van der Waals surface area contributed by atoms with Crippen LogP contribution in [-0.2, 0) is 0 Å². The van der Waals surface area contributed by atoms with Crippen LogP contribution in [0.1, 0.15) is 0 Å². The van der Waals surface area contributed by atoms with Crippen LogP contribution in [-0.4, -0.2) is 0 Å². The van der Waals surface area contributed by atoms with Crippen molar-refractivity contribution in [3.05, 3.63) is 109 Å². The molecule has 0 aromatic heterocycles. The highest BCUT2D eigenvalue weighted by Gasteiger charge is 1.97. The van der Waals surface area contributed by atoms with Gasteiger partial charge in [-0.25, -0.2) is 0 Å². The van der Waals surface area contributed by atoms with E-state index in [0.29, 0.717) is 0 Å². The van der Waals surface area contributed by atoms with Gasteiger partial charge in [-0.3, -0.25) is 0 Å². The lowest BCUT2D eigenvalue weighted by Crippen LogP contribution is -1.73. The summed E-state index contributed by atoms with van der Waals surface area (Å²) in [5.41, 5.74) is 0. The fourth-order valence-corrected chi connectivity index (χ4v) is 4.25. The lowest BCUT2D eigenvalue weighted by atomic mass is 10.4. The summed E-state index contributed by atoms with van der Waals surface area (Å²) in [6.45, 7) is 0. The zero-order valence-electron chi connectivity index (χ0n) is 15.1. The molecule has 28 heavy (non-hydrogen) atoms. The topological polar surface area (TPSA) is 0 Å². The van der Waals surface area contributed by atoms with Crippen molar-refractivity contribution in [2.75, 3.05) is 0 Å². The monoisotopic (exact) mass is 436 g/mol. The van der Waals surface area contributed by atoms with Crippen molar-refractivity contribution in [1.29, 1.82) is 0 Å². The fraction of sp³-hybridized carbons (Fsp3) is 0. The van der Waals surface area contributed by atoms with Gasteiger partial charge in [0.25, 0.3) is 0 Å². The lowest BCUT2D eigenvalue weighted by molar-refractivity contribution is 1.32. The molecule has 0 aliphatic heterocycles. The normalized spacial score (nSPS) is 10.1. The third-order valence-electron chi connectivity index (χ3n) is 3.63. The second-order valence-electron chi connectivity index (χ2n) is 5.82. The van der Waals surface area contributed by atoms with Crippen molar-refractivity contribution in [2.45, 2.75) is 29.4 Å². The minimum Gasteiger partial charge on any atom is -0.143 e. The van der Waals surface area contributed by atoms with Gasteiger partial charge in [-0.1, -0.05) is 59.9 Å². The Balaban J connectivity index is 0.000000162. The van der Waals surface area contributed by atoms with E-state index in [1.54, 1.807) is 23.5 Å². The molecule has 4 aromatic carbocycles. The molecule has 0 unspecified atom stereocenters. The van der Waals surface area contributed by atoms with Gasteiger partial charge < -0.3 is 0 Å². The zero-order chi connectivity index (χ0) is 19.6. The summed E-state index contributed by atoms with van der Waals surface area (Å²) < 4.78 is 0. The van der Waals surface area contributed by atoms with Crippen molar-refractivity contribution >= 4 is 48.8 Å². The van der Waals surface area contributed by atoms with Crippen LogP contribution in [0.2, 0.25) is 0 Å². The lowest BCUT2D eigenvalue weighted by Gasteiger charge is -2.01. The molecule has 0 saturated carbocycles. The number of hydrogen-bond acceptors (Lipinski definition) is 4. The standard InChI is InChI=1S/C12H10S3.C12H10S/c13-9-1-5-11(6-2-9)15-12-7-3-10(14)4-8-12;1-3-7-11(8-4-1)13-12-9-5-2-6-10-12/h1-8,13-14H;1-10H. The molecule has 0 saturated heterocycles. The molecule has 0 amide bonds. The first kappa shape index (κ1) is 21.0. The summed E-state index contributed by atoms with van der Waals surface area (Å²) in [5, 5.41) is 0. The molecule has 0 fully saturated rings. The van der Waals surface area contributed by atoms with E-state index in [1.807, 2.05) is 36.4 Å². The predicted molar refractivity (Wildman–Crippen MR) is 129 cm³/mol. The summed E-state index contributed by atoms with van der Waals surface area (Å²) in [6, 6.07) is 37.1. The minimum absolute atomic E-state index is 0.991. The van der Waals surface area contributed by atoms with Gasteiger partial charge in [-0.15, -0.1) is 25.3 Å². The Kier molecular flexibility index (Phi) is 8.49. The molecule has 0 N–H and O–H groups in total. The second-order valence-corrected chi connectivity index (χ2v) is 9.14. The smallest absolute Gasteiger partial charge is 0.0123 e. The zero-order valence-corrected chi connectivity index (χ0v) is 18.5. The third-order valence-corrected chi connectivity index (χ3v) is 6.26. The Hall–Kier alpha value is -1.72. The highest BCUT2D eigenvalue weighted by atomic mass is 32.2. The van der Waals surface area contributed by atoms with Gasteiger partial charge in [-0.2, -0.15) is 0 Å². The van der Waals surface area contributed by atoms with Crippen molar-refractivity contribution in [1.82, 2.24) is 0 Å². The summed E-state index contributed by atoms with van der Waals surface area (Å²) in [4.78, 5) is 7.00. The molecular formula is C24H20S4. The van der Waals surface area contributed by atoms with E-state index in [2.05, 4.69) is 98.1 Å². The molecule has 4 heteroatoms. The molecule has 0 heterocycles. The van der Waals surface area contributed by atoms with Gasteiger partial charge in [0.2, 0.25) is 0 Å². The van der Waals surface area contributed by atoms with Crippen LogP contribution in [0.25, 0.3) is 0 Å². The van der Waals surface area contributed by atoms with Crippen LogP contribution < -0.4 is 0 Å². The fourth-order valence-electron chi connectivity index (χ4n) is 2.28. The van der Waals surface area contributed by atoms with E-state index >= 15 is 0 Å². The van der Waals surface area contributed by atoms with Gasteiger partial charge >= 0.3 is 0 Å². The first-order chi connectivity index (χ1) is 13.7. The molecule has 4 rings (SSSR count). The Morgan fingerprint density at radius 3 is 0.964 bits per heavy atom. The number of rotatable bonds is 4. The molecule has 0 aliphatic carbocycles. The average molecular weight is 437 g/mol. The summed E-state index contributed by atoms with van der Waals surface area (Å²) >= 11 is 12.0. The largest absolute Gasteiger partial charge is 0.143 e. The molecule has 0 atom stereocenters. The number of thiol groups is 2. The van der Waals surface area contributed by atoms with Crippen LogP contribution in [0.3, 0.4) is 0 Å². The highest BCUT2D eigenvalue weighted by Crippen LogP contribution is 2.29. The number of benzene rings is 4. The van der Waals surface area contributed by atoms with Crippen LogP contribution in [0.4, 0.5) is 0 Å². The van der Waals surface area contributed by atoms with Crippen LogP contribution in [0.15, 0.2) is 139 Å². The van der Waals surface area contributed by atoms with E-state index < -0.39 is 0 Å².